The van der Waals surface area contributed by atoms with Crippen LogP contribution in [0.2, 0.25) is 0 Å². The molecule has 2 nitrogen and oxygen atoms in total. The van der Waals surface area contributed by atoms with Crippen molar-refractivity contribution in [2.45, 2.75) is 32.4 Å². The maximum Gasteiger partial charge on any atom is 0.0662 e. The van der Waals surface area contributed by atoms with E-state index < -0.39 is 0 Å². The van der Waals surface area contributed by atoms with Gasteiger partial charge in [-0.2, -0.15) is 0 Å². The van der Waals surface area contributed by atoms with E-state index in [1.165, 1.54) is 0 Å². The second-order valence-corrected chi connectivity index (χ2v) is 1.81. The quantitative estimate of drug-likeness (QED) is 0.586. The van der Waals surface area contributed by atoms with Crippen molar-refractivity contribution in [3.63, 3.8) is 0 Å². The van der Waals surface area contributed by atoms with Crippen LogP contribution in [0.4, 0.5) is 0 Å². The molecule has 0 bridgehead atoms. The third-order valence-corrected chi connectivity index (χ3v) is 1.09. The van der Waals surface area contributed by atoms with Gasteiger partial charge in [-0.1, -0.05) is 6.92 Å². The zero-order valence-corrected chi connectivity index (χ0v) is 6.11. The summed E-state index contributed by atoms with van der Waals surface area (Å²) in [6.07, 6.45) is 0.488. The molecule has 0 aromatic carbocycles. The van der Waals surface area contributed by atoms with Crippen LogP contribution in [0.15, 0.2) is 0 Å². The summed E-state index contributed by atoms with van der Waals surface area (Å²) >= 11 is 0. The Kier molecular flexibility index (Phi) is 7.40. The molecule has 2 atom stereocenters. The maximum absolute atomic E-state index is 8.70. The topological polar surface area (TPSA) is 46.2 Å². The van der Waals surface area contributed by atoms with Crippen molar-refractivity contribution in [1.82, 2.24) is 0 Å². The first-order valence-electron chi connectivity index (χ1n) is 2.62. The number of hydrogen-bond acceptors (Lipinski definition) is 2. The Labute approximate surface area is 56.5 Å². The minimum Gasteiger partial charge on any atom is -0.392 e. The van der Waals surface area contributed by atoms with Gasteiger partial charge >= 0.3 is 0 Å². The van der Waals surface area contributed by atoms with Crippen molar-refractivity contribution >= 4 is 12.4 Å². The highest BCUT2D eigenvalue weighted by Crippen LogP contribution is 1.91. The van der Waals surface area contributed by atoms with Crippen LogP contribution in [-0.2, 0) is 0 Å². The fraction of sp³-hybridized carbons (Fsp3) is 1.00. The van der Waals surface area contributed by atoms with Crippen LogP contribution >= 0.6 is 12.4 Å². The van der Waals surface area contributed by atoms with E-state index in [-0.39, 0.29) is 24.6 Å². The van der Waals surface area contributed by atoms with Crippen LogP contribution in [-0.4, -0.2) is 17.3 Å². The van der Waals surface area contributed by atoms with Gasteiger partial charge in [0.25, 0.3) is 0 Å². The Morgan fingerprint density at radius 2 is 2.00 bits per heavy atom. The fourth-order valence-electron chi connectivity index (χ4n) is 0.341. The molecule has 52 valence electrons. The first-order chi connectivity index (χ1) is 3.18. The minimum absolute atomic E-state index is 0. The van der Waals surface area contributed by atoms with E-state index in [0.717, 1.165) is 6.42 Å². The average Bonchev–Trinajstić information content (AvgIpc) is 1.65. The van der Waals surface area contributed by atoms with Gasteiger partial charge in [0.05, 0.1) is 6.10 Å². The Balaban J connectivity index is 0. The maximum atomic E-state index is 8.70. The molecular weight excluding hydrogens is 126 g/mol. The molecule has 0 aromatic heterocycles. The monoisotopic (exact) mass is 139 g/mol. The highest BCUT2D eigenvalue weighted by Gasteiger charge is 2.03. The van der Waals surface area contributed by atoms with E-state index in [4.69, 9.17) is 10.8 Å². The van der Waals surface area contributed by atoms with E-state index in [0.29, 0.717) is 0 Å². The normalized spacial score (nSPS) is 16.5. The molecule has 8 heavy (non-hydrogen) atoms. The van der Waals surface area contributed by atoms with Gasteiger partial charge in [-0.3, -0.25) is 0 Å². The van der Waals surface area contributed by atoms with Crippen LogP contribution < -0.4 is 5.73 Å². The van der Waals surface area contributed by atoms with Gasteiger partial charge in [-0.15, -0.1) is 12.4 Å². The number of rotatable bonds is 2. The molecule has 0 heterocycles. The summed E-state index contributed by atoms with van der Waals surface area (Å²) in [7, 11) is 0. The van der Waals surface area contributed by atoms with Gasteiger partial charge in [0.1, 0.15) is 0 Å². The molecule has 0 aliphatic carbocycles. The van der Waals surface area contributed by atoms with Crippen molar-refractivity contribution in [2.75, 3.05) is 0 Å². The van der Waals surface area contributed by atoms with Gasteiger partial charge in [0.2, 0.25) is 0 Å². The summed E-state index contributed by atoms with van der Waals surface area (Å²) in [6.45, 7) is 3.66. The van der Waals surface area contributed by atoms with Crippen LogP contribution in [0, 0.1) is 0 Å². The molecule has 3 heteroatoms. The van der Waals surface area contributed by atoms with Gasteiger partial charge in [-0.05, 0) is 13.3 Å². The molecule has 0 radical (unpaired) electrons. The summed E-state index contributed by atoms with van der Waals surface area (Å²) in [5.74, 6) is 0. The second-order valence-electron chi connectivity index (χ2n) is 1.81. The van der Waals surface area contributed by atoms with Crippen LogP contribution in [0.3, 0.4) is 0 Å². The Bertz CT molecular complexity index is 49.7. The average molecular weight is 140 g/mol. The predicted octanol–water partition coefficient (Wildman–Crippen LogP) is 0.526. The molecule has 0 aromatic rings. The van der Waals surface area contributed by atoms with Crippen molar-refractivity contribution in [1.29, 1.82) is 0 Å². The molecular formula is C5H14ClNO. The Hall–Kier alpha value is 0.210. The number of hydrogen-bond donors (Lipinski definition) is 2. The largest absolute Gasteiger partial charge is 0.392 e. The van der Waals surface area contributed by atoms with E-state index in [2.05, 4.69) is 0 Å². The zero-order valence-electron chi connectivity index (χ0n) is 5.29. The Morgan fingerprint density at radius 1 is 1.62 bits per heavy atom. The lowest BCUT2D eigenvalue weighted by Crippen LogP contribution is -2.31. The molecule has 0 aliphatic heterocycles. The van der Waals surface area contributed by atoms with Crippen molar-refractivity contribution in [3.05, 3.63) is 0 Å². The SMILES string of the molecule is CC[C@H](N)[C@@H](C)O.Cl. The second kappa shape index (κ2) is 5.35. The van der Waals surface area contributed by atoms with Gasteiger partial charge in [-0.25, -0.2) is 0 Å². The molecule has 0 amide bonds. The third-order valence-electron chi connectivity index (χ3n) is 1.09. The third kappa shape index (κ3) is 4.37. The number of aliphatic hydroxyl groups excluding tert-OH is 1. The first-order valence-corrected chi connectivity index (χ1v) is 2.62. The lowest BCUT2D eigenvalue weighted by atomic mass is 10.1. The predicted molar refractivity (Wildman–Crippen MR) is 37.2 cm³/mol. The number of aliphatic hydroxyl groups is 1. The van der Waals surface area contributed by atoms with Gasteiger partial charge in [0.15, 0.2) is 0 Å². The van der Waals surface area contributed by atoms with E-state index in [9.17, 15) is 0 Å². The van der Waals surface area contributed by atoms with Crippen LogP contribution in [0.1, 0.15) is 20.3 Å². The standard InChI is InChI=1S/C5H13NO.ClH/c1-3-5(6)4(2)7;/h4-5,7H,3,6H2,1-2H3;1H/t4-,5+;/m1./s1. The molecule has 0 saturated carbocycles. The molecule has 3 N–H and O–H groups in total. The van der Waals surface area contributed by atoms with Crippen LogP contribution in [0.25, 0.3) is 0 Å². The van der Waals surface area contributed by atoms with E-state index in [1.54, 1.807) is 6.92 Å². The van der Waals surface area contributed by atoms with E-state index in [1.807, 2.05) is 6.92 Å². The molecule has 0 saturated heterocycles. The van der Waals surface area contributed by atoms with E-state index >= 15 is 0 Å². The minimum atomic E-state index is -0.356. The first kappa shape index (κ1) is 11.1. The van der Waals surface area contributed by atoms with Crippen molar-refractivity contribution < 1.29 is 5.11 Å². The number of halogens is 1. The van der Waals surface area contributed by atoms with Crippen molar-refractivity contribution in [2.24, 2.45) is 5.73 Å². The molecule has 0 spiro atoms. The lowest BCUT2D eigenvalue weighted by molar-refractivity contribution is 0.161. The van der Waals surface area contributed by atoms with Crippen molar-refractivity contribution in [3.8, 4) is 0 Å². The van der Waals surface area contributed by atoms with Crippen LogP contribution in [0.5, 0.6) is 0 Å². The molecule has 0 rings (SSSR count). The zero-order chi connectivity index (χ0) is 5.86. The highest BCUT2D eigenvalue weighted by molar-refractivity contribution is 5.85. The van der Waals surface area contributed by atoms with Gasteiger partial charge in [0, 0.05) is 6.04 Å². The summed E-state index contributed by atoms with van der Waals surface area (Å²) < 4.78 is 0. The summed E-state index contributed by atoms with van der Waals surface area (Å²) in [5, 5.41) is 8.70. The lowest BCUT2D eigenvalue weighted by Gasteiger charge is -2.09. The van der Waals surface area contributed by atoms with Gasteiger partial charge < -0.3 is 10.8 Å². The Morgan fingerprint density at radius 3 is 2.00 bits per heavy atom. The summed E-state index contributed by atoms with van der Waals surface area (Å²) in [6, 6.07) is -0.0417. The fourth-order valence-corrected chi connectivity index (χ4v) is 0.341. The summed E-state index contributed by atoms with van der Waals surface area (Å²) in [5.41, 5.74) is 5.37. The molecule has 0 unspecified atom stereocenters. The molecule has 0 fully saturated rings. The number of nitrogens with two attached hydrogens (primary N) is 1. The molecule has 0 aliphatic rings. The highest BCUT2D eigenvalue weighted by atomic mass is 35.5. The summed E-state index contributed by atoms with van der Waals surface area (Å²) in [4.78, 5) is 0. The smallest absolute Gasteiger partial charge is 0.0662 e.